The smallest absolute Gasteiger partial charge is 0.416 e. The first-order valence-corrected chi connectivity index (χ1v) is 12.1. The molecule has 2 fully saturated rings. The maximum atomic E-state index is 12.8. The second-order valence-corrected chi connectivity index (χ2v) is 9.22. The summed E-state index contributed by atoms with van der Waals surface area (Å²) >= 11 is 0. The highest BCUT2D eigenvalue weighted by atomic mass is 16.6. The second-order valence-electron chi connectivity index (χ2n) is 9.22. The first-order valence-electron chi connectivity index (χ1n) is 12.1. The molecular formula is C25H23N7O5. The number of aromatic nitrogens is 3. The van der Waals surface area contributed by atoms with Crippen LogP contribution in [0.2, 0.25) is 0 Å². The van der Waals surface area contributed by atoms with E-state index >= 15 is 0 Å². The lowest BCUT2D eigenvalue weighted by Gasteiger charge is -2.33. The van der Waals surface area contributed by atoms with Crippen molar-refractivity contribution in [1.82, 2.24) is 19.9 Å². The minimum absolute atomic E-state index is 0.0641. The Morgan fingerprint density at radius 2 is 1.97 bits per heavy atom. The van der Waals surface area contributed by atoms with Crippen molar-refractivity contribution >= 4 is 34.7 Å². The van der Waals surface area contributed by atoms with Crippen LogP contribution in [0.5, 0.6) is 5.75 Å². The Labute approximate surface area is 210 Å². The van der Waals surface area contributed by atoms with Crippen LogP contribution in [0.3, 0.4) is 0 Å². The molecule has 188 valence electrons. The van der Waals surface area contributed by atoms with Crippen LogP contribution < -0.4 is 25.8 Å². The largest absolute Gasteiger partial charge is 0.480 e. The molecular weight excluding hydrogens is 478 g/mol. The number of anilines is 2. The van der Waals surface area contributed by atoms with Gasteiger partial charge in [0, 0.05) is 37.0 Å². The summed E-state index contributed by atoms with van der Waals surface area (Å²) in [7, 11) is 0. The van der Waals surface area contributed by atoms with E-state index < -0.39 is 6.09 Å². The van der Waals surface area contributed by atoms with Gasteiger partial charge < -0.3 is 20.1 Å². The Balaban J connectivity index is 1.11. The van der Waals surface area contributed by atoms with E-state index in [-0.39, 0.29) is 42.0 Å². The predicted octanol–water partition coefficient (Wildman–Crippen LogP) is 1.53. The number of pyridine rings is 3. The number of fused-ring (bicyclic) bond motifs is 3. The van der Waals surface area contributed by atoms with Crippen molar-refractivity contribution in [1.29, 1.82) is 5.26 Å². The van der Waals surface area contributed by atoms with Crippen LogP contribution in [0.25, 0.3) is 11.0 Å². The van der Waals surface area contributed by atoms with Crippen molar-refractivity contribution in [2.45, 2.75) is 44.0 Å². The number of nitrogens with zero attached hydrogens (tertiary/aromatic N) is 5. The van der Waals surface area contributed by atoms with Crippen molar-refractivity contribution < 1.29 is 19.1 Å². The fourth-order valence-corrected chi connectivity index (χ4v) is 5.21. The van der Waals surface area contributed by atoms with Gasteiger partial charge in [0.05, 0.1) is 6.04 Å². The molecule has 0 radical (unpaired) electrons. The monoisotopic (exact) mass is 501 g/mol. The molecule has 0 aromatic carbocycles. The Hall–Kier alpha value is -4.50. The van der Waals surface area contributed by atoms with E-state index in [4.69, 9.17) is 9.47 Å². The molecule has 5 heterocycles. The van der Waals surface area contributed by atoms with Crippen molar-refractivity contribution in [3.05, 3.63) is 52.4 Å². The van der Waals surface area contributed by atoms with E-state index in [1.807, 2.05) is 6.07 Å². The third-order valence-electron chi connectivity index (χ3n) is 6.96. The number of nitrogens with one attached hydrogen (secondary N) is 2. The van der Waals surface area contributed by atoms with Crippen LogP contribution in [-0.4, -0.2) is 57.9 Å². The summed E-state index contributed by atoms with van der Waals surface area (Å²) in [4.78, 5) is 47.2. The molecule has 37 heavy (non-hydrogen) atoms. The summed E-state index contributed by atoms with van der Waals surface area (Å²) in [6.45, 7) is 0.843. The number of carbonyl (C=O) groups is 2. The third-order valence-corrected chi connectivity index (χ3v) is 6.96. The van der Waals surface area contributed by atoms with E-state index in [9.17, 15) is 19.6 Å². The fourth-order valence-electron chi connectivity index (χ4n) is 5.21. The maximum absolute atomic E-state index is 12.8. The van der Waals surface area contributed by atoms with Crippen LogP contribution in [0.4, 0.5) is 16.4 Å². The molecule has 3 aromatic heterocycles. The standard InChI is InChI=1S/C25H23N7O5/c26-12-16-3-1-14-2-8-22(34)31(24(14)28-16)10-9-27-15-4-5-17-19(11-15)37-25(35)32(17)20-7-6-18-23(29-20)30-21(33)13-36-18/h1-3,6-8,15,17,19,27H,4-5,9-11,13H2,(H,29,30,33)/t15-,17-,19+/m0/s1. The lowest BCUT2D eigenvalue weighted by atomic mass is 9.88. The summed E-state index contributed by atoms with van der Waals surface area (Å²) in [5.41, 5.74) is 0.561. The molecule has 0 bridgehead atoms. The average molecular weight is 502 g/mol. The molecule has 1 aliphatic carbocycles. The van der Waals surface area contributed by atoms with Crippen LogP contribution in [0.1, 0.15) is 25.0 Å². The van der Waals surface area contributed by atoms with Crippen LogP contribution in [0.15, 0.2) is 41.2 Å². The molecule has 12 heteroatoms. The van der Waals surface area contributed by atoms with Gasteiger partial charge >= 0.3 is 6.09 Å². The van der Waals surface area contributed by atoms with Crippen molar-refractivity contribution in [2.24, 2.45) is 0 Å². The lowest BCUT2D eigenvalue weighted by Crippen LogP contribution is -2.46. The topological polar surface area (TPSA) is 151 Å². The predicted molar refractivity (Wildman–Crippen MR) is 131 cm³/mol. The summed E-state index contributed by atoms with van der Waals surface area (Å²) in [6.07, 6.45) is 1.37. The van der Waals surface area contributed by atoms with Crippen molar-refractivity contribution in [3.8, 4) is 11.8 Å². The van der Waals surface area contributed by atoms with Gasteiger partial charge in [-0.1, -0.05) is 0 Å². The van der Waals surface area contributed by atoms with Gasteiger partial charge in [-0.3, -0.25) is 19.1 Å². The minimum atomic E-state index is -0.465. The first kappa shape index (κ1) is 22.9. The van der Waals surface area contributed by atoms with E-state index in [1.54, 1.807) is 39.8 Å². The average Bonchev–Trinajstić information content (AvgIpc) is 3.24. The molecule has 0 spiro atoms. The van der Waals surface area contributed by atoms with Gasteiger partial charge in [0.25, 0.3) is 11.5 Å². The summed E-state index contributed by atoms with van der Waals surface area (Å²) < 4.78 is 12.6. The molecule has 12 nitrogen and oxygen atoms in total. The number of amides is 2. The van der Waals surface area contributed by atoms with Gasteiger partial charge in [-0.05, 0) is 43.2 Å². The number of ether oxygens (including phenoxy) is 2. The van der Waals surface area contributed by atoms with Gasteiger partial charge in [-0.15, -0.1) is 0 Å². The zero-order chi connectivity index (χ0) is 25.5. The SMILES string of the molecule is N#Cc1ccc2ccc(=O)n(CCN[C@H]3CC[C@H]4[C@@H](C3)OC(=O)N4c3ccc4c(n3)NC(=O)CO4)c2n1. The number of hydrogen-bond acceptors (Lipinski definition) is 9. The fraction of sp³-hybridized carbons (Fsp3) is 0.360. The lowest BCUT2D eigenvalue weighted by molar-refractivity contribution is -0.118. The minimum Gasteiger partial charge on any atom is -0.480 e. The molecule has 3 atom stereocenters. The van der Waals surface area contributed by atoms with Crippen LogP contribution >= 0.6 is 0 Å². The quantitative estimate of drug-likeness (QED) is 0.530. The third kappa shape index (κ3) is 4.23. The highest BCUT2D eigenvalue weighted by molar-refractivity contribution is 5.95. The Kier molecular flexibility index (Phi) is 5.69. The van der Waals surface area contributed by atoms with Gasteiger partial charge in [-0.25, -0.2) is 14.8 Å². The van der Waals surface area contributed by atoms with Gasteiger partial charge in [0.15, 0.2) is 18.2 Å². The van der Waals surface area contributed by atoms with Crippen molar-refractivity contribution in [2.75, 3.05) is 23.4 Å². The Bertz CT molecular complexity index is 1510. The molecule has 2 N–H and O–H groups in total. The first-order chi connectivity index (χ1) is 18.0. The molecule has 2 amide bonds. The summed E-state index contributed by atoms with van der Waals surface area (Å²) in [6, 6.07) is 12.0. The Morgan fingerprint density at radius 1 is 1.11 bits per heavy atom. The molecule has 1 saturated heterocycles. The summed E-state index contributed by atoms with van der Waals surface area (Å²) in [5.74, 6) is 0.871. The second kappa shape index (κ2) is 9.18. The summed E-state index contributed by atoms with van der Waals surface area (Å²) in [5, 5.41) is 16.1. The molecule has 1 saturated carbocycles. The molecule has 2 aliphatic heterocycles. The molecule has 0 unspecified atom stereocenters. The number of carbonyl (C=O) groups excluding carboxylic acids is 2. The van der Waals surface area contributed by atoms with Gasteiger partial charge in [0.1, 0.15) is 29.3 Å². The van der Waals surface area contributed by atoms with E-state index in [0.717, 1.165) is 11.8 Å². The van der Waals surface area contributed by atoms with Gasteiger partial charge in [0.2, 0.25) is 0 Å². The van der Waals surface area contributed by atoms with E-state index in [1.165, 1.54) is 6.07 Å². The highest BCUT2D eigenvalue weighted by Gasteiger charge is 2.46. The molecule has 3 aromatic rings. The molecule has 3 aliphatic rings. The number of nitriles is 1. The van der Waals surface area contributed by atoms with Crippen LogP contribution in [-0.2, 0) is 16.1 Å². The van der Waals surface area contributed by atoms with Crippen LogP contribution in [0, 0.1) is 11.3 Å². The highest BCUT2D eigenvalue weighted by Crippen LogP contribution is 2.37. The van der Waals surface area contributed by atoms with E-state index in [2.05, 4.69) is 20.6 Å². The molecule has 6 rings (SSSR count). The number of rotatable bonds is 5. The zero-order valence-electron chi connectivity index (χ0n) is 19.7. The van der Waals surface area contributed by atoms with E-state index in [0.29, 0.717) is 49.0 Å². The number of hydrogen-bond donors (Lipinski definition) is 2. The maximum Gasteiger partial charge on any atom is 0.416 e. The Morgan fingerprint density at radius 3 is 2.84 bits per heavy atom. The van der Waals surface area contributed by atoms with Crippen molar-refractivity contribution in [3.63, 3.8) is 0 Å². The zero-order valence-corrected chi connectivity index (χ0v) is 19.7. The normalized spacial score (nSPS) is 22.5. The van der Waals surface area contributed by atoms with Gasteiger partial charge in [-0.2, -0.15) is 5.26 Å².